The number of fused-ring (bicyclic) bond motifs is 1. The zero-order valence-corrected chi connectivity index (χ0v) is 58.6. The van der Waals surface area contributed by atoms with Gasteiger partial charge in [0, 0.05) is 64.5 Å². The van der Waals surface area contributed by atoms with Crippen LogP contribution in [-0.2, 0) is 91.2 Å². The third-order valence-electron chi connectivity index (χ3n) is 17.3. The number of aromatic hydroxyl groups is 2. The fourth-order valence-electron chi connectivity index (χ4n) is 11.4. The zero-order chi connectivity index (χ0) is 78.2. The van der Waals surface area contributed by atoms with Crippen molar-refractivity contribution < 1.29 is 112 Å². The number of rotatable bonds is 43. The molecule has 19 N–H and O–H groups in total. The molecule has 0 radical (unpaired) electrons. The summed E-state index contributed by atoms with van der Waals surface area (Å²) < 4.78 is 0. The molecule has 9 atom stereocenters. The summed E-state index contributed by atoms with van der Waals surface area (Å²) in [7, 11) is 0. The van der Waals surface area contributed by atoms with E-state index in [0.717, 1.165) is 16.3 Å². The van der Waals surface area contributed by atoms with Gasteiger partial charge in [0.25, 0.3) is 0 Å². The Morgan fingerprint density at radius 2 is 0.830 bits per heavy atom. The summed E-state index contributed by atoms with van der Waals surface area (Å²) in [4.78, 5) is 206. The highest BCUT2D eigenvalue weighted by Gasteiger charge is 2.35. The van der Waals surface area contributed by atoms with E-state index in [1.807, 2.05) is 42.5 Å². The Balaban J connectivity index is 1.12. The van der Waals surface area contributed by atoms with E-state index in [9.17, 15) is 107 Å². The second-order valence-corrected chi connectivity index (χ2v) is 25.8. The number of phenolic OH excluding ortho intramolecular Hbond substituents is 2. The average molecular weight is 1480 g/mol. The molecule has 0 unspecified atom stereocenters. The number of nitrogens with one attached hydrogen (secondary N) is 12. The first kappa shape index (κ1) is 84.7. The number of unbranched alkanes of at least 4 members (excludes halogenated alkanes) is 1. The maximum absolute atomic E-state index is 13.9. The molecule has 1 aliphatic carbocycles. The number of hydrogen-bond acceptors (Lipinski definition) is 18. The minimum atomic E-state index is -1.71. The fraction of sp³-hybridized carbons (Fsp3) is 0.465. The standard InChI is InChI=1S/C71H92N12O23/c1-38(76-67(100)56(34-42-16-23-49(86)24-17-42)81-68(101)55(77-40(3)84)33-41-14-21-48(85)22-15-41)61(94)75-39(2)62(95)78-51(26-29-59(90)91)66(99)79-50(25-28-58(88)89)64(97)74-37-57(87)73-36-43-11-19-46(20-12-43)63(96)80-54(35-44-13-18-45-8-4-5-9-47(45)32-44)65(98)72-31-7-6-10-52(69(102)103)82-71(106)83-53(70(104)105)27-30-60(92)93/h4-5,8-9,13-18,21-24,32,38-39,43,46,50-56,85-86H,6-7,10-12,19-20,25-31,33-37H2,1-3H3,(H,72,98)(H,73,87)(H,74,97)(H,75,94)(H,76,100)(H,77,84)(H,78,95)(H,79,99)(H,80,96)(H,81,101)(H,88,89)(H,90,91)(H,92,93)(H,102,103)(H,104,105)(H2,82,83,106)/t38-,39-,43?,46?,50-,51-,52-,53-,54-,55-,56-/m0/s1. The summed E-state index contributed by atoms with van der Waals surface area (Å²) in [6.45, 7) is 3.12. The molecule has 0 heterocycles. The van der Waals surface area contributed by atoms with Crippen molar-refractivity contribution in [2.75, 3.05) is 19.6 Å². The minimum Gasteiger partial charge on any atom is -0.508 e. The van der Waals surface area contributed by atoms with Gasteiger partial charge in [-0.25, -0.2) is 14.4 Å². The van der Waals surface area contributed by atoms with Gasteiger partial charge in [0.05, 0.1) is 6.54 Å². The van der Waals surface area contributed by atoms with Crippen LogP contribution in [0.1, 0.15) is 121 Å². The highest BCUT2D eigenvalue weighted by molar-refractivity contribution is 5.98. The third-order valence-corrected chi connectivity index (χ3v) is 17.3. The van der Waals surface area contributed by atoms with Crippen molar-refractivity contribution in [3.05, 3.63) is 108 Å². The van der Waals surface area contributed by atoms with Gasteiger partial charge in [-0.3, -0.25) is 62.3 Å². The molecule has 0 aromatic heterocycles. The number of hydrogen-bond donors (Lipinski definition) is 19. The second kappa shape index (κ2) is 42.6. The molecule has 12 amide bonds. The molecule has 1 aliphatic rings. The monoisotopic (exact) mass is 1480 g/mol. The number of benzene rings is 4. The van der Waals surface area contributed by atoms with Crippen molar-refractivity contribution in [3.63, 3.8) is 0 Å². The first-order valence-electron chi connectivity index (χ1n) is 34.4. The maximum atomic E-state index is 13.9. The van der Waals surface area contributed by atoms with Crippen molar-refractivity contribution in [2.45, 2.75) is 178 Å². The number of carbonyl (C=O) groups excluding carboxylic acids is 11. The first-order chi connectivity index (χ1) is 50.2. The highest BCUT2D eigenvalue weighted by Crippen LogP contribution is 2.29. The Morgan fingerprint density at radius 3 is 1.37 bits per heavy atom. The topological polar surface area (TPSA) is 559 Å². The quantitative estimate of drug-likeness (QED) is 0.0256. The Kier molecular flexibility index (Phi) is 34.0. The Hall–Kier alpha value is -11.9. The largest absolute Gasteiger partial charge is 0.508 e. The lowest BCUT2D eigenvalue weighted by Crippen LogP contribution is -2.59. The first-order valence-corrected chi connectivity index (χ1v) is 34.4. The molecule has 0 bridgehead atoms. The molecule has 1 fully saturated rings. The van der Waals surface area contributed by atoms with Crippen LogP contribution in [0.2, 0.25) is 0 Å². The Labute approximate surface area is 608 Å². The van der Waals surface area contributed by atoms with Crippen molar-refractivity contribution in [2.24, 2.45) is 11.8 Å². The maximum Gasteiger partial charge on any atom is 0.326 e. The van der Waals surface area contributed by atoms with Crippen molar-refractivity contribution in [3.8, 4) is 11.5 Å². The normalized spacial score (nSPS) is 15.7. The number of urea groups is 1. The molecule has 5 rings (SSSR count). The van der Waals surface area contributed by atoms with E-state index in [-0.39, 0.29) is 69.0 Å². The molecule has 0 saturated heterocycles. The predicted octanol–water partition coefficient (Wildman–Crippen LogP) is -0.143. The summed E-state index contributed by atoms with van der Waals surface area (Å²) in [5.74, 6) is -15.9. The Morgan fingerprint density at radius 1 is 0.406 bits per heavy atom. The number of aliphatic carboxylic acids is 5. The average Bonchev–Trinajstić information content (AvgIpc) is 0.850. The molecular weight excluding hydrogens is 1390 g/mol. The number of carboxylic acid groups (broad SMARTS) is 5. The van der Waals surface area contributed by atoms with Gasteiger partial charge in [0.1, 0.15) is 65.9 Å². The van der Waals surface area contributed by atoms with E-state index >= 15 is 0 Å². The SMILES string of the molecule is CC(=O)N[C@@H](Cc1ccc(O)cc1)C(=O)N[C@@H](Cc1ccc(O)cc1)C(=O)N[C@@H](C)C(=O)N[C@@H](C)C(=O)N[C@@H](CCC(=O)O)C(=O)N[C@@H](CCC(=O)O)C(=O)NCC(=O)NCC1CCC(C(=O)N[C@@H](Cc2ccc3ccccc3c2)C(=O)NCCCC[C@H](NC(=O)N[C@@H](CCC(=O)O)C(=O)O)C(=O)O)CC1. The van der Waals surface area contributed by atoms with E-state index in [1.165, 1.54) is 69.3 Å². The minimum absolute atomic E-state index is 0.0386. The molecule has 574 valence electrons. The third kappa shape index (κ3) is 30.2. The van der Waals surface area contributed by atoms with Crippen LogP contribution in [0.5, 0.6) is 11.5 Å². The van der Waals surface area contributed by atoms with Crippen molar-refractivity contribution in [1.29, 1.82) is 0 Å². The van der Waals surface area contributed by atoms with Gasteiger partial charge in [-0.05, 0) is 136 Å². The zero-order valence-electron chi connectivity index (χ0n) is 58.6. The molecule has 4 aromatic carbocycles. The van der Waals surface area contributed by atoms with Crippen molar-refractivity contribution in [1.82, 2.24) is 63.8 Å². The van der Waals surface area contributed by atoms with Gasteiger partial charge in [0.15, 0.2) is 0 Å². The van der Waals surface area contributed by atoms with Crippen molar-refractivity contribution >= 4 is 106 Å². The van der Waals surface area contributed by atoms with E-state index in [1.54, 1.807) is 0 Å². The van der Waals surface area contributed by atoms with Crippen LogP contribution < -0.4 is 63.8 Å². The van der Waals surface area contributed by atoms with E-state index in [0.29, 0.717) is 36.8 Å². The number of carbonyl (C=O) groups is 16. The van der Waals surface area contributed by atoms with Gasteiger partial charge in [-0.15, -0.1) is 0 Å². The van der Waals surface area contributed by atoms with Crippen LogP contribution in [0.15, 0.2) is 91.0 Å². The molecular formula is C71H92N12O23. The van der Waals surface area contributed by atoms with Crippen LogP contribution in [0.25, 0.3) is 10.8 Å². The summed E-state index contributed by atoms with van der Waals surface area (Å²) in [5, 5.41) is 98.1. The van der Waals surface area contributed by atoms with Gasteiger partial charge >= 0.3 is 35.9 Å². The lowest BCUT2D eigenvalue weighted by atomic mass is 9.81. The van der Waals surface area contributed by atoms with Crippen LogP contribution in [0, 0.1) is 11.8 Å². The van der Waals surface area contributed by atoms with Crippen LogP contribution in [-0.4, -0.2) is 205 Å². The molecule has 35 heteroatoms. The fourth-order valence-corrected chi connectivity index (χ4v) is 11.4. The van der Waals surface area contributed by atoms with Crippen LogP contribution in [0.3, 0.4) is 0 Å². The summed E-state index contributed by atoms with van der Waals surface area (Å²) >= 11 is 0. The summed E-state index contributed by atoms with van der Waals surface area (Å²) in [6, 6.07) is 10.5. The second-order valence-electron chi connectivity index (χ2n) is 25.8. The van der Waals surface area contributed by atoms with Crippen LogP contribution >= 0.6 is 0 Å². The predicted molar refractivity (Wildman–Crippen MR) is 375 cm³/mol. The van der Waals surface area contributed by atoms with E-state index in [4.69, 9.17) is 5.11 Å². The lowest BCUT2D eigenvalue weighted by molar-refractivity contribution is -0.141. The smallest absolute Gasteiger partial charge is 0.326 e. The number of phenols is 2. The molecule has 4 aromatic rings. The number of amides is 12. The summed E-state index contributed by atoms with van der Waals surface area (Å²) in [5.41, 5.74) is 1.74. The van der Waals surface area contributed by atoms with E-state index in [2.05, 4.69) is 63.8 Å². The lowest BCUT2D eigenvalue weighted by Gasteiger charge is -2.29. The Bertz CT molecular complexity index is 3790. The molecule has 1 saturated carbocycles. The molecule has 0 aliphatic heterocycles. The van der Waals surface area contributed by atoms with E-state index < -0.39 is 200 Å². The van der Waals surface area contributed by atoms with Gasteiger partial charge in [0.2, 0.25) is 59.1 Å². The highest BCUT2D eigenvalue weighted by atomic mass is 16.4. The van der Waals surface area contributed by atoms with Crippen LogP contribution in [0.4, 0.5) is 4.79 Å². The molecule has 35 nitrogen and oxygen atoms in total. The summed E-state index contributed by atoms with van der Waals surface area (Å²) in [6.07, 6.45) is -1.74. The molecule has 106 heavy (non-hydrogen) atoms. The number of carboxylic acids is 5. The van der Waals surface area contributed by atoms with Gasteiger partial charge < -0.3 is 99.5 Å². The molecule has 0 spiro atoms. The van der Waals surface area contributed by atoms with Gasteiger partial charge in [-0.2, -0.15) is 0 Å². The van der Waals surface area contributed by atoms with Gasteiger partial charge in [-0.1, -0.05) is 66.7 Å².